The number of halogens is 2. The van der Waals surface area contributed by atoms with Crippen molar-refractivity contribution in [1.82, 2.24) is 5.32 Å². The molecule has 3 aliphatic rings. The van der Waals surface area contributed by atoms with E-state index < -0.39 is 78.7 Å². The number of benzene rings is 2. The second-order valence-corrected chi connectivity index (χ2v) is 11.3. The largest absolute Gasteiger partial charge is 0.504 e. The van der Waals surface area contributed by atoms with Gasteiger partial charge in [-0.1, -0.05) is 6.07 Å². The number of aliphatic hydroxyl groups excluding tert-OH is 5. The molecule has 10 atom stereocenters. The van der Waals surface area contributed by atoms with E-state index in [1.807, 2.05) is 0 Å². The number of hydrogen-bond donors (Lipinski definition) is 7. The fourth-order valence-corrected chi connectivity index (χ4v) is 5.50. The number of carbonyl (C=O) groups is 1. The van der Waals surface area contributed by atoms with Gasteiger partial charge in [0.1, 0.15) is 79.6 Å². The lowest BCUT2D eigenvalue weighted by Crippen LogP contribution is -2.67. The summed E-state index contributed by atoms with van der Waals surface area (Å²) in [5.41, 5.74) is 0.958. The third kappa shape index (κ3) is 7.16. The lowest BCUT2D eigenvalue weighted by atomic mass is 9.83. The Morgan fingerprint density at radius 3 is 2.28 bits per heavy atom. The second-order valence-electron chi connectivity index (χ2n) is 11.3. The van der Waals surface area contributed by atoms with Crippen LogP contribution < -0.4 is 14.8 Å². The molecule has 3 fully saturated rings. The molecule has 1 saturated carbocycles. The van der Waals surface area contributed by atoms with Gasteiger partial charge in [0.05, 0.1) is 6.04 Å². The molecule has 2 saturated heterocycles. The van der Waals surface area contributed by atoms with Gasteiger partial charge in [0, 0.05) is 23.8 Å². The Hall–Kier alpha value is -3.67. The first kappa shape index (κ1) is 33.7. The Morgan fingerprint density at radius 1 is 0.935 bits per heavy atom. The molecular weight excluding hydrogens is 616 g/mol. The molecule has 2 aromatic carbocycles. The zero-order chi connectivity index (χ0) is 33.3. The monoisotopic (exact) mass is 651 g/mol. The number of aliphatic hydroxyl groups is 5. The zero-order valence-electron chi connectivity index (χ0n) is 24.7. The van der Waals surface area contributed by atoms with Gasteiger partial charge in [0.15, 0.2) is 11.5 Å². The van der Waals surface area contributed by atoms with Gasteiger partial charge < -0.3 is 59.6 Å². The number of aromatic hydroxyl groups is 1. The molecule has 0 aromatic heterocycles. The van der Waals surface area contributed by atoms with Gasteiger partial charge in [0.25, 0.3) is 0 Å². The molecule has 1 aliphatic carbocycles. The van der Waals surface area contributed by atoms with Gasteiger partial charge in [-0.15, -0.1) is 0 Å². The highest BCUT2D eigenvalue weighted by atomic mass is 19.1. The SMILES string of the molecule is C/C(=C\c1ccc(O[C@@H]2O[C@H](/C(C)=C/COc3cc(F)cc(F)c3)[C@@H](O)[C@@H]2O)c(O)c1)C(=O)N[C@@H]1[C@H](O)[C@@H](O)[C@H]2OCO[C@H]2[C@@H]1O. The Kier molecular flexibility index (Phi) is 10.2. The van der Waals surface area contributed by atoms with E-state index in [0.717, 1.165) is 12.1 Å². The normalized spacial score (nSPS) is 33.1. The van der Waals surface area contributed by atoms with Crippen LogP contribution in [0, 0.1) is 11.6 Å². The summed E-state index contributed by atoms with van der Waals surface area (Å²) >= 11 is 0. The van der Waals surface area contributed by atoms with E-state index in [9.17, 15) is 44.2 Å². The maximum absolute atomic E-state index is 13.4. The van der Waals surface area contributed by atoms with E-state index in [2.05, 4.69) is 5.32 Å². The Balaban J connectivity index is 1.18. The topological polar surface area (TPSA) is 197 Å². The molecule has 2 heterocycles. The summed E-state index contributed by atoms with van der Waals surface area (Å²) in [6.07, 6.45) is -8.46. The van der Waals surface area contributed by atoms with E-state index >= 15 is 0 Å². The van der Waals surface area contributed by atoms with Gasteiger partial charge in [-0.2, -0.15) is 0 Å². The Labute approximate surface area is 261 Å². The first-order valence-electron chi connectivity index (χ1n) is 14.4. The van der Waals surface area contributed by atoms with Crippen molar-refractivity contribution in [3.8, 4) is 17.2 Å². The van der Waals surface area contributed by atoms with Crippen molar-refractivity contribution >= 4 is 12.0 Å². The average molecular weight is 652 g/mol. The average Bonchev–Trinajstić information content (AvgIpc) is 3.60. The lowest BCUT2D eigenvalue weighted by Gasteiger charge is -2.41. The summed E-state index contributed by atoms with van der Waals surface area (Å²) < 4.78 is 53.8. The number of rotatable bonds is 9. The van der Waals surface area contributed by atoms with E-state index in [-0.39, 0.29) is 36.2 Å². The molecule has 1 amide bonds. The highest BCUT2D eigenvalue weighted by Crippen LogP contribution is 2.34. The minimum Gasteiger partial charge on any atom is -0.504 e. The number of nitrogens with one attached hydrogen (secondary N) is 1. The van der Waals surface area contributed by atoms with Crippen molar-refractivity contribution in [2.45, 2.75) is 75.0 Å². The molecular formula is C31H35F2NO12. The standard InChI is InChI=1S/C31H35F2NO12/c1-13(5-6-42-18-10-16(32)9-17(33)11-18)27-25(39)26(40)31(46-27)45-20-4-3-15(8-19(20)35)7-14(2)30(41)34-21-22(36)24(38)29-28(23(21)37)43-12-44-29/h3-5,7-11,21-29,31,35-40H,6,12H2,1-2H3,(H,34,41)/b13-5+,14-7+/t21-,22+,23-,24-,25+,26+,27-,28+,29-,31-/m1/s1. The summed E-state index contributed by atoms with van der Waals surface area (Å²) in [5.74, 6) is -2.75. The number of fused-ring (bicyclic) bond motifs is 1. The van der Waals surface area contributed by atoms with E-state index in [1.165, 1.54) is 37.3 Å². The molecule has 2 aromatic rings. The van der Waals surface area contributed by atoms with Gasteiger partial charge in [-0.3, -0.25) is 4.79 Å². The van der Waals surface area contributed by atoms with Crippen LogP contribution in [-0.2, 0) is 19.0 Å². The molecule has 13 nitrogen and oxygen atoms in total. The second kappa shape index (κ2) is 14.0. The van der Waals surface area contributed by atoms with Gasteiger partial charge >= 0.3 is 0 Å². The molecule has 2 aliphatic heterocycles. The van der Waals surface area contributed by atoms with E-state index in [1.54, 1.807) is 6.92 Å². The summed E-state index contributed by atoms with van der Waals surface area (Å²) in [4.78, 5) is 12.9. The predicted octanol–water partition coefficient (Wildman–Crippen LogP) is 0.247. The molecule has 15 heteroatoms. The van der Waals surface area contributed by atoms with Crippen molar-refractivity contribution in [2.75, 3.05) is 13.4 Å². The quantitative estimate of drug-likeness (QED) is 0.144. The number of hydrogen-bond acceptors (Lipinski definition) is 12. The molecule has 46 heavy (non-hydrogen) atoms. The highest BCUT2D eigenvalue weighted by molar-refractivity contribution is 5.97. The van der Waals surface area contributed by atoms with E-state index in [0.29, 0.717) is 17.2 Å². The minimum atomic E-state index is -1.51. The number of ether oxygens (including phenoxy) is 5. The molecule has 0 unspecified atom stereocenters. The number of phenols is 1. The van der Waals surface area contributed by atoms with Crippen LogP contribution in [0.1, 0.15) is 19.4 Å². The fourth-order valence-electron chi connectivity index (χ4n) is 5.50. The number of carbonyl (C=O) groups excluding carboxylic acids is 1. The predicted molar refractivity (Wildman–Crippen MR) is 153 cm³/mol. The van der Waals surface area contributed by atoms with Crippen LogP contribution in [0.15, 0.2) is 53.6 Å². The minimum absolute atomic E-state index is 0.0328. The van der Waals surface area contributed by atoms with Crippen molar-refractivity contribution in [3.05, 3.63) is 70.8 Å². The maximum atomic E-state index is 13.4. The van der Waals surface area contributed by atoms with Crippen LogP contribution in [0.4, 0.5) is 8.78 Å². The summed E-state index contributed by atoms with van der Waals surface area (Å²) in [5, 5.41) is 65.5. The Morgan fingerprint density at radius 2 is 1.61 bits per heavy atom. The molecule has 5 rings (SSSR count). The molecule has 7 N–H and O–H groups in total. The van der Waals surface area contributed by atoms with Crippen molar-refractivity contribution in [1.29, 1.82) is 0 Å². The first-order valence-corrected chi connectivity index (χ1v) is 14.4. The van der Waals surface area contributed by atoms with Crippen LogP contribution >= 0.6 is 0 Å². The van der Waals surface area contributed by atoms with Gasteiger partial charge in [0.2, 0.25) is 12.2 Å². The zero-order valence-corrected chi connectivity index (χ0v) is 24.7. The summed E-state index contributed by atoms with van der Waals surface area (Å²) in [6, 6.07) is 5.64. The summed E-state index contributed by atoms with van der Waals surface area (Å²) in [7, 11) is 0. The maximum Gasteiger partial charge on any atom is 0.247 e. The van der Waals surface area contributed by atoms with Crippen LogP contribution in [0.25, 0.3) is 6.08 Å². The molecule has 0 spiro atoms. The van der Waals surface area contributed by atoms with Gasteiger partial charge in [-0.25, -0.2) is 8.78 Å². The molecule has 0 radical (unpaired) electrons. The van der Waals surface area contributed by atoms with Gasteiger partial charge in [-0.05, 0) is 49.3 Å². The van der Waals surface area contributed by atoms with E-state index in [4.69, 9.17) is 23.7 Å². The van der Waals surface area contributed by atoms with Crippen molar-refractivity contribution in [3.63, 3.8) is 0 Å². The molecule has 0 bridgehead atoms. The molecule has 250 valence electrons. The third-order valence-corrected chi connectivity index (χ3v) is 8.03. The summed E-state index contributed by atoms with van der Waals surface area (Å²) in [6.45, 7) is 2.79. The number of phenolic OH excluding ortho intramolecular Hbond substituents is 1. The highest BCUT2D eigenvalue weighted by Gasteiger charge is 2.53. The van der Waals surface area contributed by atoms with Crippen LogP contribution in [0.3, 0.4) is 0 Å². The number of amides is 1. The van der Waals surface area contributed by atoms with Crippen molar-refractivity contribution < 1.29 is 67.9 Å². The smallest absolute Gasteiger partial charge is 0.247 e. The first-order chi connectivity index (χ1) is 21.8. The van der Waals surface area contributed by atoms with Crippen LogP contribution in [0.5, 0.6) is 17.2 Å². The van der Waals surface area contributed by atoms with Crippen LogP contribution in [-0.4, -0.2) is 111 Å². The lowest BCUT2D eigenvalue weighted by molar-refractivity contribution is -0.155. The third-order valence-electron chi connectivity index (χ3n) is 8.03. The van der Waals surface area contributed by atoms with Crippen molar-refractivity contribution in [2.24, 2.45) is 0 Å². The fraction of sp³-hybridized carbons (Fsp3) is 0.452. The van der Waals surface area contributed by atoms with Crippen LogP contribution in [0.2, 0.25) is 0 Å². The Bertz CT molecular complexity index is 1470.